The zero-order valence-electron chi connectivity index (χ0n) is 12.3. The van der Waals surface area contributed by atoms with E-state index >= 15 is 0 Å². The van der Waals surface area contributed by atoms with E-state index in [9.17, 15) is 8.42 Å². The summed E-state index contributed by atoms with van der Waals surface area (Å²) < 4.78 is 29.9. The molecule has 4 nitrogen and oxygen atoms in total. The fourth-order valence-electron chi connectivity index (χ4n) is 2.13. The van der Waals surface area contributed by atoms with Gasteiger partial charge in [0.2, 0.25) is 0 Å². The summed E-state index contributed by atoms with van der Waals surface area (Å²) in [4.78, 5) is 0.173. The maximum absolute atomic E-state index is 11.8. The largest absolute Gasteiger partial charge is 0.490 e. The second-order valence-electron chi connectivity index (χ2n) is 5.90. The summed E-state index contributed by atoms with van der Waals surface area (Å²) in [6.45, 7) is 6.36. The number of rotatable bonds is 6. The van der Waals surface area contributed by atoms with Gasteiger partial charge in [-0.3, -0.25) is 0 Å². The number of nitrogens with two attached hydrogens (primary N) is 1. The number of halogens is 1. The van der Waals surface area contributed by atoms with Gasteiger partial charge in [-0.05, 0) is 37.5 Å². The second-order valence-corrected chi connectivity index (χ2v) is 8.80. The van der Waals surface area contributed by atoms with Gasteiger partial charge in [0, 0.05) is 16.3 Å². The maximum Gasteiger partial charge on any atom is 0.179 e. The predicted octanol–water partition coefficient (Wildman–Crippen LogP) is 2.99. The summed E-state index contributed by atoms with van der Waals surface area (Å²) in [7, 11) is -3.34. The molecule has 0 saturated heterocycles. The molecule has 0 heterocycles. The van der Waals surface area contributed by atoms with Gasteiger partial charge in [0.15, 0.2) is 9.84 Å². The van der Waals surface area contributed by atoms with Gasteiger partial charge < -0.3 is 10.5 Å². The quantitative estimate of drug-likeness (QED) is 0.843. The molecule has 1 rings (SSSR count). The third-order valence-corrected chi connectivity index (χ3v) is 4.35. The first-order valence-corrected chi connectivity index (χ1v) is 9.11. The average Bonchev–Trinajstić information content (AvgIpc) is 2.24. The first-order valence-electron chi connectivity index (χ1n) is 6.42. The van der Waals surface area contributed by atoms with Gasteiger partial charge >= 0.3 is 0 Å². The third-order valence-electron chi connectivity index (χ3n) is 2.74. The van der Waals surface area contributed by atoms with Gasteiger partial charge in [0.05, 0.1) is 0 Å². The van der Waals surface area contributed by atoms with Gasteiger partial charge in [-0.15, -0.1) is 0 Å². The van der Waals surface area contributed by atoms with Crippen molar-refractivity contribution in [3.63, 3.8) is 0 Å². The van der Waals surface area contributed by atoms with Gasteiger partial charge in [-0.1, -0.05) is 29.8 Å². The van der Waals surface area contributed by atoms with Crippen LogP contribution in [-0.4, -0.2) is 26.8 Å². The van der Waals surface area contributed by atoms with Crippen molar-refractivity contribution in [1.82, 2.24) is 0 Å². The lowest BCUT2D eigenvalue weighted by Crippen LogP contribution is -2.43. The molecular weight excluding hydrogens is 342 g/mol. The highest BCUT2D eigenvalue weighted by Gasteiger charge is 2.23. The highest BCUT2D eigenvalue weighted by molar-refractivity contribution is 9.10. The zero-order valence-corrected chi connectivity index (χ0v) is 14.7. The molecule has 0 radical (unpaired) electrons. The van der Waals surface area contributed by atoms with Crippen molar-refractivity contribution in [2.24, 2.45) is 11.7 Å². The first-order chi connectivity index (χ1) is 9.01. The van der Waals surface area contributed by atoms with Crippen molar-refractivity contribution in [3.05, 3.63) is 22.7 Å². The van der Waals surface area contributed by atoms with Crippen molar-refractivity contribution in [1.29, 1.82) is 0 Å². The van der Waals surface area contributed by atoms with Crippen LogP contribution in [0.4, 0.5) is 0 Å². The van der Waals surface area contributed by atoms with Gasteiger partial charge in [-0.25, -0.2) is 8.42 Å². The van der Waals surface area contributed by atoms with Crippen molar-refractivity contribution >= 4 is 25.8 Å². The molecule has 1 atom stereocenters. The minimum atomic E-state index is -3.34. The Morgan fingerprint density at radius 1 is 1.40 bits per heavy atom. The second kappa shape index (κ2) is 6.45. The van der Waals surface area contributed by atoms with Crippen LogP contribution in [0.2, 0.25) is 0 Å². The molecule has 114 valence electrons. The average molecular weight is 364 g/mol. The van der Waals surface area contributed by atoms with E-state index in [4.69, 9.17) is 10.5 Å². The van der Waals surface area contributed by atoms with Crippen LogP contribution in [0.1, 0.15) is 27.2 Å². The molecule has 20 heavy (non-hydrogen) atoms. The van der Waals surface area contributed by atoms with Crippen molar-refractivity contribution in [2.75, 3.05) is 12.9 Å². The summed E-state index contributed by atoms with van der Waals surface area (Å²) in [5.74, 6) is 0.795. The normalized spacial score (nSPS) is 15.2. The molecule has 0 aromatic heterocycles. The standard InChI is InChI=1S/C14H22BrNO3S/c1-10(2)8-14(3,16)9-19-12-6-5-11(15)7-13(12)20(4,17)18/h5-7,10H,8-9,16H2,1-4H3/t14-/m1/s1. The summed E-state index contributed by atoms with van der Waals surface area (Å²) in [6.07, 6.45) is 1.97. The van der Waals surface area contributed by atoms with Crippen LogP contribution in [0.5, 0.6) is 5.75 Å². The Morgan fingerprint density at radius 3 is 2.50 bits per heavy atom. The lowest BCUT2D eigenvalue weighted by Gasteiger charge is -2.27. The molecule has 2 N–H and O–H groups in total. The summed E-state index contributed by atoms with van der Waals surface area (Å²) >= 11 is 3.27. The zero-order chi connectivity index (χ0) is 15.6. The number of hydrogen-bond donors (Lipinski definition) is 1. The Kier molecular flexibility index (Phi) is 5.63. The third kappa shape index (κ3) is 5.42. The van der Waals surface area contributed by atoms with Crippen LogP contribution in [-0.2, 0) is 9.84 Å². The monoisotopic (exact) mass is 363 g/mol. The lowest BCUT2D eigenvalue weighted by molar-refractivity contribution is 0.203. The Morgan fingerprint density at radius 2 is 2.00 bits per heavy atom. The summed E-state index contributed by atoms with van der Waals surface area (Å²) in [5, 5.41) is 0. The molecule has 0 amide bonds. The molecule has 1 aromatic carbocycles. The highest BCUT2D eigenvalue weighted by atomic mass is 79.9. The number of benzene rings is 1. The molecular formula is C14H22BrNO3S. The van der Waals surface area contributed by atoms with Crippen molar-refractivity contribution in [2.45, 2.75) is 37.6 Å². The molecule has 0 saturated carbocycles. The van der Waals surface area contributed by atoms with Crippen molar-refractivity contribution in [3.8, 4) is 5.75 Å². The van der Waals surface area contributed by atoms with Crippen LogP contribution >= 0.6 is 15.9 Å². The molecule has 0 bridgehead atoms. The van der Waals surface area contributed by atoms with Crippen molar-refractivity contribution < 1.29 is 13.2 Å². The van der Waals surface area contributed by atoms with E-state index < -0.39 is 15.4 Å². The van der Waals surface area contributed by atoms with Crippen LogP contribution in [0.15, 0.2) is 27.6 Å². The minimum Gasteiger partial charge on any atom is -0.490 e. The summed E-state index contributed by atoms with van der Waals surface area (Å²) in [5.41, 5.74) is 5.68. The van der Waals surface area contributed by atoms with Crippen LogP contribution in [0, 0.1) is 5.92 Å². The fourth-order valence-corrected chi connectivity index (χ4v) is 3.47. The first kappa shape index (κ1) is 17.5. The maximum atomic E-state index is 11.8. The van der Waals surface area contributed by atoms with E-state index in [1.165, 1.54) is 0 Å². The predicted molar refractivity (Wildman–Crippen MR) is 84.8 cm³/mol. The molecule has 0 fully saturated rings. The van der Waals surface area contributed by atoms with Crippen LogP contribution < -0.4 is 10.5 Å². The van der Waals surface area contributed by atoms with Crippen LogP contribution in [0.25, 0.3) is 0 Å². The molecule has 0 aliphatic carbocycles. The topological polar surface area (TPSA) is 69.4 Å². The van der Waals surface area contributed by atoms with Crippen LogP contribution in [0.3, 0.4) is 0 Å². The fraction of sp³-hybridized carbons (Fsp3) is 0.571. The molecule has 1 aromatic rings. The SMILES string of the molecule is CC(C)C[C@@](C)(N)COc1ccc(Br)cc1S(C)(=O)=O. The number of sulfone groups is 1. The number of ether oxygens (including phenoxy) is 1. The molecule has 0 unspecified atom stereocenters. The molecule has 0 spiro atoms. The van der Waals surface area contributed by atoms with E-state index in [1.807, 2.05) is 6.92 Å². The van der Waals surface area contributed by atoms with E-state index in [0.717, 1.165) is 12.7 Å². The molecule has 6 heteroatoms. The Labute approximate surface area is 129 Å². The Hall–Kier alpha value is -0.590. The van der Waals surface area contributed by atoms with Gasteiger partial charge in [0.25, 0.3) is 0 Å². The lowest BCUT2D eigenvalue weighted by atomic mass is 9.93. The number of hydrogen-bond acceptors (Lipinski definition) is 4. The highest BCUT2D eigenvalue weighted by Crippen LogP contribution is 2.28. The Balaban J connectivity index is 2.94. The minimum absolute atomic E-state index is 0.173. The van der Waals surface area contributed by atoms with Gasteiger partial charge in [-0.2, -0.15) is 0 Å². The van der Waals surface area contributed by atoms with E-state index in [2.05, 4.69) is 29.8 Å². The smallest absolute Gasteiger partial charge is 0.179 e. The van der Waals surface area contributed by atoms with E-state index in [0.29, 0.717) is 16.1 Å². The molecule has 0 aliphatic rings. The van der Waals surface area contributed by atoms with E-state index in [-0.39, 0.29) is 11.5 Å². The van der Waals surface area contributed by atoms with Gasteiger partial charge in [0.1, 0.15) is 17.3 Å². The van der Waals surface area contributed by atoms with E-state index in [1.54, 1.807) is 18.2 Å². The molecule has 0 aliphatic heterocycles. The summed E-state index contributed by atoms with van der Waals surface area (Å²) in [6, 6.07) is 4.94. The Bertz CT molecular complexity index is 568.